The lowest BCUT2D eigenvalue weighted by molar-refractivity contribution is -0.121. The number of carbonyl (C=O) groups is 1. The monoisotopic (exact) mass is 485 g/mol. The number of benzene rings is 3. The Morgan fingerprint density at radius 1 is 1.06 bits per heavy atom. The molecule has 0 bridgehead atoms. The number of amides is 1. The molecule has 4 aromatic rings. The number of nitrogens with zero attached hydrogens (tertiary/aromatic N) is 4. The SMILES string of the molecule is COc1ccc2c(c1)C(c1ccc(Cl)cc1)=N[C@@H](CC(=O)NCc1ccccc1)c1nnc(C)n1-2. The predicted molar refractivity (Wildman–Crippen MR) is 135 cm³/mol. The fourth-order valence-corrected chi connectivity index (χ4v) is 4.35. The molecule has 0 saturated carbocycles. The van der Waals surface area contributed by atoms with Crippen molar-refractivity contribution < 1.29 is 9.53 Å². The average Bonchev–Trinajstić information content (AvgIpc) is 3.21. The first-order valence-electron chi connectivity index (χ1n) is 11.3. The molecule has 8 heteroatoms. The van der Waals surface area contributed by atoms with Crippen LogP contribution in [0.5, 0.6) is 5.75 Å². The van der Waals surface area contributed by atoms with E-state index in [9.17, 15) is 4.79 Å². The van der Waals surface area contributed by atoms with Crippen LogP contribution in [0.2, 0.25) is 5.02 Å². The van der Waals surface area contributed by atoms with E-state index < -0.39 is 6.04 Å². The number of ether oxygens (including phenoxy) is 1. The largest absolute Gasteiger partial charge is 0.497 e. The Labute approximate surface area is 208 Å². The summed E-state index contributed by atoms with van der Waals surface area (Å²) in [4.78, 5) is 18.1. The summed E-state index contributed by atoms with van der Waals surface area (Å²) in [5.74, 6) is 1.92. The molecule has 1 aliphatic heterocycles. The number of hydrogen-bond acceptors (Lipinski definition) is 5. The molecular weight excluding hydrogens is 462 g/mol. The molecule has 1 aliphatic rings. The number of rotatable bonds is 6. The summed E-state index contributed by atoms with van der Waals surface area (Å²) in [7, 11) is 1.63. The number of halogens is 1. The maximum absolute atomic E-state index is 13.0. The summed E-state index contributed by atoms with van der Waals surface area (Å²) >= 11 is 6.15. The second-order valence-corrected chi connectivity index (χ2v) is 8.73. The molecule has 2 heterocycles. The second-order valence-electron chi connectivity index (χ2n) is 8.29. The molecule has 0 unspecified atom stereocenters. The minimum absolute atomic E-state index is 0.117. The third-order valence-electron chi connectivity index (χ3n) is 5.96. The first kappa shape index (κ1) is 22.8. The van der Waals surface area contributed by atoms with Gasteiger partial charge in [0.05, 0.1) is 24.9 Å². The third kappa shape index (κ3) is 4.68. The van der Waals surface area contributed by atoms with Crippen molar-refractivity contribution in [2.75, 3.05) is 7.11 Å². The fraction of sp³-hybridized carbons (Fsp3) is 0.185. The van der Waals surface area contributed by atoms with Gasteiger partial charge in [-0.2, -0.15) is 0 Å². The summed E-state index contributed by atoms with van der Waals surface area (Å²) in [5.41, 5.74) is 4.40. The molecular formula is C27H24ClN5O2. The number of fused-ring (bicyclic) bond motifs is 3. The molecule has 0 radical (unpaired) electrons. The Bertz CT molecular complexity index is 1400. The highest BCUT2D eigenvalue weighted by molar-refractivity contribution is 6.30. The van der Waals surface area contributed by atoms with Gasteiger partial charge in [-0.3, -0.25) is 14.4 Å². The van der Waals surface area contributed by atoms with Crippen LogP contribution in [0, 0.1) is 6.92 Å². The van der Waals surface area contributed by atoms with Crippen LogP contribution >= 0.6 is 11.6 Å². The van der Waals surface area contributed by atoms with Crippen molar-refractivity contribution in [1.82, 2.24) is 20.1 Å². The standard InChI is InChI=1S/C27H24ClN5O2/c1-17-31-32-27-23(15-25(34)29-16-18-6-4-3-5-7-18)30-26(19-8-10-20(28)11-9-19)22-14-21(35-2)12-13-24(22)33(17)27/h3-14,23H,15-16H2,1-2H3,(H,29,34)/t23-/m0/s1. The predicted octanol–water partition coefficient (Wildman–Crippen LogP) is 4.84. The van der Waals surface area contributed by atoms with E-state index in [1.807, 2.05) is 84.3 Å². The second kappa shape index (κ2) is 9.72. The smallest absolute Gasteiger partial charge is 0.222 e. The summed E-state index contributed by atoms with van der Waals surface area (Å²) in [5, 5.41) is 12.4. The van der Waals surface area contributed by atoms with Gasteiger partial charge < -0.3 is 10.1 Å². The van der Waals surface area contributed by atoms with E-state index in [4.69, 9.17) is 21.3 Å². The molecule has 1 aromatic heterocycles. The highest BCUT2D eigenvalue weighted by Crippen LogP contribution is 2.34. The van der Waals surface area contributed by atoms with Crippen molar-refractivity contribution in [3.05, 3.63) is 106 Å². The normalized spacial score (nSPS) is 14.4. The lowest BCUT2D eigenvalue weighted by Gasteiger charge is -2.14. The van der Waals surface area contributed by atoms with E-state index in [0.29, 0.717) is 29.0 Å². The van der Waals surface area contributed by atoms with Crippen molar-refractivity contribution >= 4 is 23.2 Å². The summed E-state index contributed by atoms with van der Waals surface area (Å²) in [6.45, 7) is 2.34. The van der Waals surface area contributed by atoms with Crippen molar-refractivity contribution in [2.24, 2.45) is 4.99 Å². The van der Waals surface area contributed by atoms with Crippen molar-refractivity contribution in [3.8, 4) is 11.4 Å². The molecule has 0 aliphatic carbocycles. The Hall–Kier alpha value is -3.97. The first-order chi connectivity index (χ1) is 17.0. The van der Waals surface area contributed by atoms with Crippen LogP contribution in [-0.2, 0) is 11.3 Å². The highest BCUT2D eigenvalue weighted by Gasteiger charge is 2.30. The van der Waals surface area contributed by atoms with Gasteiger partial charge in [0, 0.05) is 22.7 Å². The Kier molecular flexibility index (Phi) is 6.33. The zero-order valence-electron chi connectivity index (χ0n) is 19.4. The van der Waals surface area contributed by atoms with Crippen LogP contribution in [0.4, 0.5) is 0 Å². The van der Waals surface area contributed by atoms with E-state index in [1.54, 1.807) is 7.11 Å². The van der Waals surface area contributed by atoms with Crippen LogP contribution in [0.25, 0.3) is 5.69 Å². The number of aryl methyl sites for hydroxylation is 1. The molecule has 5 rings (SSSR count). The number of hydrogen-bond donors (Lipinski definition) is 1. The van der Waals surface area contributed by atoms with Crippen LogP contribution in [0.1, 0.15) is 40.8 Å². The lowest BCUT2D eigenvalue weighted by atomic mass is 10.00. The number of nitrogens with one attached hydrogen (secondary N) is 1. The Morgan fingerprint density at radius 3 is 2.57 bits per heavy atom. The molecule has 0 fully saturated rings. The van der Waals surface area contributed by atoms with Crippen LogP contribution < -0.4 is 10.1 Å². The Morgan fingerprint density at radius 2 is 1.83 bits per heavy atom. The molecule has 35 heavy (non-hydrogen) atoms. The molecule has 1 N–H and O–H groups in total. The molecule has 1 atom stereocenters. The van der Waals surface area contributed by atoms with Gasteiger partial charge in [0.1, 0.15) is 17.6 Å². The minimum atomic E-state index is -0.531. The number of aromatic nitrogens is 3. The first-order valence-corrected chi connectivity index (χ1v) is 11.7. The van der Waals surface area contributed by atoms with Crippen LogP contribution in [-0.4, -0.2) is 33.5 Å². The maximum atomic E-state index is 13.0. The fourth-order valence-electron chi connectivity index (χ4n) is 4.22. The van der Waals surface area contributed by atoms with Crippen LogP contribution in [0.3, 0.4) is 0 Å². The van der Waals surface area contributed by atoms with E-state index >= 15 is 0 Å². The van der Waals surface area contributed by atoms with Crippen molar-refractivity contribution in [1.29, 1.82) is 0 Å². The molecule has 7 nitrogen and oxygen atoms in total. The highest BCUT2D eigenvalue weighted by atomic mass is 35.5. The number of carbonyl (C=O) groups excluding carboxylic acids is 1. The van der Waals surface area contributed by atoms with Gasteiger partial charge in [0.2, 0.25) is 5.91 Å². The third-order valence-corrected chi connectivity index (χ3v) is 6.21. The topological polar surface area (TPSA) is 81.4 Å². The van der Waals surface area contributed by atoms with Gasteiger partial charge in [-0.15, -0.1) is 10.2 Å². The van der Waals surface area contributed by atoms with Gasteiger partial charge in [-0.25, -0.2) is 0 Å². The van der Waals surface area contributed by atoms with Crippen molar-refractivity contribution in [3.63, 3.8) is 0 Å². The van der Waals surface area contributed by atoms with Gasteiger partial charge >= 0.3 is 0 Å². The minimum Gasteiger partial charge on any atom is -0.497 e. The summed E-state index contributed by atoms with van der Waals surface area (Å²) in [6.07, 6.45) is 0.132. The van der Waals surface area contributed by atoms with E-state index in [-0.39, 0.29) is 12.3 Å². The van der Waals surface area contributed by atoms with Gasteiger partial charge in [0.15, 0.2) is 5.82 Å². The zero-order chi connectivity index (χ0) is 24.4. The van der Waals surface area contributed by atoms with E-state index in [0.717, 1.165) is 28.1 Å². The average molecular weight is 486 g/mol. The van der Waals surface area contributed by atoms with Gasteiger partial charge in [0.25, 0.3) is 0 Å². The lowest BCUT2D eigenvalue weighted by Crippen LogP contribution is -2.25. The molecule has 3 aromatic carbocycles. The van der Waals surface area contributed by atoms with Crippen LogP contribution in [0.15, 0.2) is 77.8 Å². The number of aliphatic imine (C=N–C) groups is 1. The van der Waals surface area contributed by atoms with Crippen molar-refractivity contribution in [2.45, 2.75) is 25.9 Å². The summed E-state index contributed by atoms with van der Waals surface area (Å²) < 4.78 is 7.48. The molecule has 0 saturated heterocycles. The summed E-state index contributed by atoms with van der Waals surface area (Å²) in [6, 6.07) is 22.6. The Balaban J connectivity index is 1.57. The van der Waals surface area contributed by atoms with Gasteiger partial charge in [-0.1, -0.05) is 54.1 Å². The maximum Gasteiger partial charge on any atom is 0.222 e. The molecule has 176 valence electrons. The number of methoxy groups -OCH3 is 1. The van der Waals surface area contributed by atoms with E-state index in [1.165, 1.54) is 0 Å². The van der Waals surface area contributed by atoms with Gasteiger partial charge in [-0.05, 0) is 42.8 Å². The quantitative estimate of drug-likeness (QED) is 0.424. The molecule has 0 spiro atoms. The zero-order valence-corrected chi connectivity index (χ0v) is 20.2. The molecule has 1 amide bonds. The van der Waals surface area contributed by atoms with E-state index in [2.05, 4.69) is 15.5 Å².